The number of nitrogens with one attached hydrogen (secondary N) is 1. The van der Waals surface area contributed by atoms with Crippen LogP contribution < -0.4 is 16.0 Å². The molecule has 1 amide bonds. The van der Waals surface area contributed by atoms with Crippen LogP contribution in [-0.2, 0) is 4.79 Å². The normalized spacial score (nSPS) is 14.4. The van der Waals surface area contributed by atoms with Gasteiger partial charge in [-0.05, 0) is 12.5 Å². The van der Waals surface area contributed by atoms with Crippen molar-refractivity contribution in [3.05, 3.63) is 18.5 Å². The number of amides is 1. The average Bonchev–Trinajstić information content (AvgIpc) is 2.74. The van der Waals surface area contributed by atoms with Gasteiger partial charge >= 0.3 is 0 Å². The molecule has 2 heterocycles. The highest BCUT2D eigenvalue weighted by atomic mass is 127. The first kappa shape index (κ1) is 25.4. The van der Waals surface area contributed by atoms with Crippen LogP contribution in [0.15, 0.2) is 23.5 Å². The van der Waals surface area contributed by atoms with Gasteiger partial charge in [0.1, 0.15) is 0 Å². The van der Waals surface area contributed by atoms with Gasteiger partial charge in [-0.3, -0.25) is 9.79 Å². The monoisotopic (exact) mass is 517 g/mol. The van der Waals surface area contributed by atoms with Crippen molar-refractivity contribution in [3.8, 4) is 0 Å². The first-order valence-corrected chi connectivity index (χ1v) is 10.5. The SMILES string of the molecule is CCCCCCCCN=C(N)NCCC(=O)N1CCN(c2ncccn2)CC1.I. The molecule has 1 aromatic rings. The number of aliphatic imine (C=N–C) groups is 1. The van der Waals surface area contributed by atoms with Crippen LogP contribution in [0.1, 0.15) is 51.9 Å². The number of anilines is 1. The van der Waals surface area contributed by atoms with Crippen LogP contribution in [0.3, 0.4) is 0 Å². The zero-order valence-electron chi connectivity index (χ0n) is 17.6. The molecule has 0 unspecified atom stereocenters. The van der Waals surface area contributed by atoms with E-state index >= 15 is 0 Å². The number of rotatable bonds is 11. The third-order valence-corrected chi connectivity index (χ3v) is 4.91. The first-order chi connectivity index (χ1) is 13.7. The van der Waals surface area contributed by atoms with E-state index in [9.17, 15) is 4.79 Å². The lowest BCUT2D eigenvalue weighted by atomic mass is 10.1. The summed E-state index contributed by atoms with van der Waals surface area (Å²) in [6, 6.07) is 1.80. The second-order valence-corrected chi connectivity index (χ2v) is 7.13. The Morgan fingerprint density at radius 3 is 2.45 bits per heavy atom. The molecule has 0 saturated carbocycles. The number of guanidine groups is 1. The lowest BCUT2D eigenvalue weighted by molar-refractivity contribution is -0.131. The van der Waals surface area contributed by atoms with Crippen molar-refractivity contribution in [3.63, 3.8) is 0 Å². The van der Waals surface area contributed by atoms with E-state index in [1.54, 1.807) is 18.5 Å². The topological polar surface area (TPSA) is 99.7 Å². The van der Waals surface area contributed by atoms with Gasteiger partial charge in [-0.25, -0.2) is 9.97 Å². The summed E-state index contributed by atoms with van der Waals surface area (Å²) in [5.74, 6) is 1.31. The molecule has 0 bridgehead atoms. The van der Waals surface area contributed by atoms with Gasteiger partial charge in [0.15, 0.2) is 5.96 Å². The van der Waals surface area contributed by atoms with E-state index in [0.29, 0.717) is 32.0 Å². The van der Waals surface area contributed by atoms with E-state index < -0.39 is 0 Å². The van der Waals surface area contributed by atoms with Crippen molar-refractivity contribution in [1.29, 1.82) is 0 Å². The molecule has 0 atom stereocenters. The van der Waals surface area contributed by atoms with E-state index in [1.807, 2.05) is 4.90 Å². The molecule has 1 aliphatic rings. The number of halogens is 1. The number of hydrogen-bond acceptors (Lipinski definition) is 5. The van der Waals surface area contributed by atoms with Crippen molar-refractivity contribution in [2.24, 2.45) is 10.7 Å². The molecule has 1 fully saturated rings. The zero-order valence-corrected chi connectivity index (χ0v) is 19.9. The van der Waals surface area contributed by atoms with Gasteiger partial charge in [0.25, 0.3) is 0 Å². The zero-order chi connectivity index (χ0) is 20.0. The quantitative estimate of drug-likeness (QED) is 0.203. The van der Waals surface area contributed by atoms with E-state index in [1.165, 1.54) is 32.1 Å². The minimum Gasteiger partial charge on any atom is -0.370 e. The van der Waals surface area contributed by atoms with Crippen LogP contribution in [-0.4, -0.2) is 66.0 Å². The molecule has 0 radical (unpaired) electrons. The van der Waals surface area contributed by atoms with Crippen LogP contribution in [0.2, 0.25) is 0 Å². The lowest BCUT2D eigenvalue weighted by Gasteiger charge is -2.34. The lowest BCUT2D eigenvalue weighted by Crippen LogP contribution is -2.49. The number of carbonyl (C=O) groups excluding carboxylic acids is 1. The minimum absolute atomic E-state index is 0. The van der Waals surface area contributed by atoms with Crippen LogP contribution in [0.25, 0.3) is 0 Å². The molecule has 1 saturated heterocycles. The Balaban J connectivity index is 0.00000420. The van der Waals surface area contributed by atoms with E-state index in [4.69, 9.17) is 5.73 Å². The molecule has 164 valence electrons. The Morgan fingerprint density at radius 2 is 1.76 bits per heavy atom. The molecule has 0 aliphatic carbocycles. The molecule has 29 heavy (non-hydrogen) atoms. The predicted octanol–water partition coefficient (Wildman–Crippen LogP) is 2.40. The number of carbonyl (C=O) groups is 1. The molecule has 8 nitrogen and oxygen atoms in total. The predicted molar refractivity (Wildman–Crippen MR) is 129 cm³/mol. The van der Waals surface area contributed by atoms with Gasteiger partial charge in [0, 0.05) is 58.1 Å². The van der Waals surface area contributed by atoms with Crippen LogP contribution >= 0.6 is 24.0 Å². The highest BCUT2D eigenvalue weighted by Gasteiger charge is 2.21. The summed E-state index contributed by atoms with van der Waals surface area (Å²) >= 11 is 0. The summed E-state index contributed by atoms with van der Waals surface area (Å²) in [4.78, 5) is 29.2. The number of nitrogens with zero attached hydrogens (tertiary/aromatic N) is 5. The van der Waals surface area contributed by atoms with Crippen LogP contribution in [0.5, 0.6) is 0 Å². The number of nitrogens with two attached hydrogens (primary N) is 1. The highest BCUT2D eigenvalue weighted by Crippen LogP contribution is 2.10. The molecule has 3 N–H and O–H groups in total. The number of piperazine rings is 1. The molecule has 1 aromatic heterocycles. The maximum atomic E-state index is 12.4. The molecule has 2 rings (SSSR count). The maximum absolute atomic E-state index is 12.4. The number of aromatic nitrogens is 2. The Labute approximate surface area is 191 Å². The minimum atomic E-state index is 0. The standard InChI is InChI=1S/C20H35N7O.HI/c1-2-3-4-5-6-7-10-22-19(21)23-13-9-18(28)26-14-16-27(17-15-26)20-24-11-8-12-25-20;/h8,11-12H,2-7,9-10,13-17H2,1H3,(H3,21,22,23);1H. The van der Waals surface area contributed by atoms with Crippen molar-refractivity contribution in [2.45, 2.75) is 51.9 Å². The smallest absolute Gasteiger partial charge is 0.225 e. The fourth-order valence-electron chi connectivity index (χ4n) is 3.21. The highest BCUT2D eigenvalue weighted by molar-refractivity contribution is 14.0. The fourth-order valence-corrected chi connectivity index (χ4v) is 3.21. The molecular weight excluding hydrogens is 481 g/mol. The summed E-state index contributed by atoms with van der Waals surface area (Å²) in [6.45, 7) is 6.39. The van der Waals surface area contributed by atoms with Gasteiger partial charge in [-0.15, -0.1) is 24.0 Å². The van der Waals surface area contributed by atoms with Gasteiger partial charge in [-0.1, -0.05) is 39.0 Å². The third-order valence-electron chi connectivity index (χ3n) is 4.91. The van der Waals surface area contributed by atoms with E-state index in [0.717, 1.165) is 32.0 Å². The van der Waals surface area contributed by atoms with Crippen molar-refractivity contribution in [1.82, 2.24) is 20.2 Å². The summed E-state index contributed by atoms with van der Waals surface area (Å²) < 4.78 is 0. The Bertz CT molecular complexity index is 592. The number of hydrogen-bond donors (Lipinski definition) is 2. The Kier molecular flexibility index (Phi) is 13.3. The third kappa shape index (κ3) is 10.1. The molecule has 9 heteroatoms. The summed E-state index contributed by atoms with van der Waals surface area (Å²) in [5.41, 5.74) is 5.88. The summed E-state index contributed by atoms with van der Waals surface area (Å²) in [6.07, 6.45) is 11.3. The van der Waals surface area contributed by atoms with Gasteiger partial charge in [0.2, 0.25) is 11.9 Å². The summed E-state index contributed by atoms with van der Waals surface area (Å²) in [7, 11) is 0. The van der Waals surface area contributed by atoms with E-state index in [-0.39, 0.29) is 29.9 Å². The fraction of sp³-hybridized carbons (Fsp3) is 0.700. The van der Waals surface area contributed by atoms with Crippen LogP contribution in [0.4, 0.5) is 5.95 Å². The molecule has 0 aromatic carbocycles. The number of unbranched alkanes of at least 4 members (excludes halogenated alkanes) is 5. The Hall–Kier alpha value is -1.65. The van der Waals surface area contributed by atoms with Crippen molar-refractivity contribution in [2.75, 3.05) is 44.2 Å². The largest absolute Gasteiger partial charge is 0.370 e. The average molecular weight is 517 g/mol. The Morgan fingerprint density at radius 1 is 1.10 bits per heavy atom. The molecular formula is C20H36IN7O. The molecule has 0 spiro atoms. The van der Waals surface area contributed by atoms with Crippen molar-refractivity contribution >= 4 is 41.8 Å². The maximum Gasteiger partial charge on any atom is 0.225 e. The van der Waals surface area contributed by atoms with Crippen LogP contribution in [0, 0.1) is 0 Å². The van der Waals surface area contributed by atoms with Crippen molar-refractivity contribution < 1.29 is 4.79 Å². The van der Waals surface area contributed by atoms with E-state index in [2.05, 4.69) is 32.1 Å². The second-order valence-electron chi connectivity index (χ2n) is 7.13. The van der Waals surface area contributed by atoms with Gasteiger partial charge in [0.05, 0.1) is 0 Å². The van der Waals surface area contributed by atoms with Gasteiger partial charge in [-0.2, -0.15) is 0 Å². The first-order valence-electron chi connectivity index (χ1n) is 10.5. The second kappa shape index (κ2) is 15.2. The molecule has 1 aliphatic heterocycles. The summed E-state index contributed by atoms with van der Waals surface area (Å²) in [5, 5.41) is 3.05. The van der Waals surface area contributed by atoms with Gasteiger partial charge < -0.3 is 20.9 Å².